The van der Waals surface area contributed by atoms with E-state index in [0.29, 0.717) is 26.9 Å². The van der Waals surface area contributed by atoms with Crippen molar-refractivity contribution in [2.24, 2.45) is 5.73 Å². The molecule has 2 N–H and O–H groups in total. The fourth-order valence-electron chi connectivity index (χ4n) is 1.63. The molecule has 0 unspecified atom stereocenters. The molecule has 0 spiro atoms. The largest absolute Gasteiger partial charge is 0.487 e. The number of hydrogen-bond acceptors (Lipinski definition) is 2. The summed E-state index contributed by atoms with van der Waals surface area (Å²) in [6.07, 6.45) is 0. The normalized spacial score (nSPS) is 10.3. The number of ether oxygens (including phenoxy) is 1. The Balaban J connectivity index is 2.19. The molecule has 0 saturated carbocycles. The molecule has 20 heavy (non-hydrogen) atoms. The lowest BCUT2D eigenvalue weighted by atomic mass is 10.1. The van der Waals surface area contributed by atoms with Crippen LogP contribution >= 0.6 is 35.4 Å². The summed E-state index contributed by atoms with van der Waals surface area (Å²) in [5.41, 5.74) is 6.54. The maximum absolute atomic E-state index is 13.4. The third-order valence-corrected chi connectivity index (χ3v) is 3.59. The summed E-state index contributed by atoms with van der Waals surface area (Å²) in [6, 6.07) is 9.35. The molecular formula is C14H10Cl2FNOS. The summed E-state index contributed by atoms with van der Waals surface area (Å²) in [4.78, 5) is 0.131. The minimum atomic E-state index is -0.425. The number of rotatable bonds is 4. The van der Waals surface area contributed by atoms with Gasteiger partial charge in [-0.15, -0.1) is 0 Å². The molecule has 104 valence electrons. The van der Waals surface area contributed by atoms with E-state index in [1.165, 1.54) is 12.1 Å². The van der Waals surface area contributed by atoms with Crippen molar-refractivity contribution in [2.45, 2.75) is 6.61 Å². The summed E-state index contributed by atoms with van der Waals surface area (Å²) < 4.78 is 19.0. The highest BCUT2D eigenvalue weighted by Crippen LogP contribution is 2.32. The Morgan fingerprint density at radius 3 is 2.70 bits per heavy atom. The maximum atomic E-state index is 13.4. The number of hydrogen-bond donors (Lipinski definition) is 1. The molecule has 0 saturated heterocycles. The molecule has 0 aliphatic heterocycles. The zero-order chi connectivity index (χ0) is 14.7. The second-order valence-corrected chi connectivity index (χ2v) is 5.28. The van der Waals surface area contributed by atoms with Crippen LogP contribution in [0.2, 0.25) is 10.0 Å². The Bertz CT molecular complexity index is 664. The van der Waals surface area contributed by atoms with E-state index in [-0.39, 0.29) is 11.6 Å². The highest BCUT2D eigenvalue weighted by Gasteiger charge is 2.07. The first kappa shape index (κ1) is 15.0. The van der Waals surface area contributed by atoms with Gasteiger partial charge < -0.3 is 10.5 Å². The summed E-state index contributed by atoms with van der Waals surface area (Å²) in [5, 5.41) is 0.715. The van der Waals surface area contributed by atoms with Crippen molar-refractivity contribution < 1.29 is 9.13 Å². The fraction of sp³-hybridized carbons (Fsp3) is 0.0714. The van der Waals surface area contributed by atoms with E-state index in [0.717, 1.165) is 0 Å². The Morgan fingerprint density at radius 2 is 2.00 bits per heavy atom. The average molecular weight is 330 g/mol. The molecule has 0 atom stereocenters. The lowest BCUT2D eigenvalue weighted by molar-refractivity contribution is 0.306. The van der Waals surface area contributed by atoms with Crippen molar-refractivity contribution in [3.05, 3.63) is 63.4 Å². The molecule has 0 aromatic heterocycles. The molecule has 0 aliphatic rings. The quantitative estimate of drug-likeness (QED) is 0.847. The third-order valence-electron chi connectivity index (χ3n) is 2.55. The Hall–Kier alpha value is -1.36. The van der Waals surface area contributed by atoms with Gasteiger partial charge in [-0.3, -0.25) is 0 Å². The minimum Gasteiger partial charge on any atom is -0.487 e. The first-order valence-electron chi connectivity index (χ1n) is 5.63. The molecule has 2 aromatic rings. The second kappa shape index (κ2) is 6.39. The summed E-state index contributed by atoms with van der Waals surface area (Å²) in [7, 11) is 0. The van der Waals surface area contributed by atoms with Crippen LogP contribution < -0.4 is 10.5 Å². The lowest BCUT2D eigenvalue weighted by Gasteiger charge is -2.10. The van der Waals surface area contributed by atoms with Gasteiger partial charge >= 0.3 is 0 Å². The Morgan fingerprint density at radius 1 is 1.25 bits per heavy atom. The number of thiocarbonyl (C=S) groups is 1. The molecule has 2 nitrogen and oxygen atoms in total. The number of benzene rings is 2. The monoisotopic (exact) mass is 329 g/mol. The third kappa shape index (κ3) is 3.60. The van der Waals surface area contributed by atoms with Crippen LogP contribution in [0, 0.1) is 5.82 Å². The predicted octanol–water partition coefficient (Wildman–Crippen LogP) is 4.35. The van der Waals surface area contributed by atoms with Crippen LogP contribution in [0.3, 0.4) is 0 Å². The van der Waals surface area contributed by atoms with Gasteiger partial charge in [0.15, 0.2) is 0 Å². The molecule has 0 radical (unpaired) electrons. The van der Waals surface area contributed by atoms with Crippen LogP contribution in [-0.4, -0.2) is 4.99 Å². The van der Waals surface area contributed by atoms with Crippen LogP contribution in [0.15, 0.2) is 36.4 Å². The fourth-order valence-corrected chi connectivity index (χ4v) is 2.10. The Kier molecular flexibility index (Phi) is 4.81. The molecule has 0 bridgehead atoms. The summed E-state index contributed by atoms with van der Waals surface area (Å²) in [5.74, 6) is 0.00592. The molecule has 2 rings (SSSR count). The zero-order valence-electron chi connectivity index (χ0n) is 10.2. The van der Waals surface area contributed by atoms with Crippen molar-refractivity contribution in [3.63, 3.8) is 0 Å². The van der Waals surface area contributed by atoms with Gasteiger partial charge in [-0.25, -0.2) is 4.39 Å². The van der Waals surface area contributed by atoms with E-state index in [2.05, 4.69) is 0 Å². The molecule has 0 amide bonds. The average Bonchev–Trinajstić information content (AvgIpc) is 2.40. The second-order valence-electron chi connectivity index (χ2n) is 4.05. The molecule has 0 fully saturated rings. The predicted molar refractivity (Wildman–Crippen MR) is 83.1 cm³/mol. The van der Waals surface area contributed by atoms with Gasteiger partial charge in [0.25, 0.3) is 0 Å². The minimum absolute atomic E-state index is 0.131. The van der Waals surface area contributed by atoms with Gasteiger partial charge in [0, 0.05) is 5.56 Å². The van der Waals surface area contributed by atoms with Gasteiger partial charge in [-0.2, -0.15) is 0 Å². The van der Waals surface area contributed by atoms with Crippen molar-refractivity contribution >= 4 is 40.4 Å². The molecular weight excluding hydrogens is 320 g/mol. The van der Waals surface area contributed by atoms with Gasteiger partial charge in [0.05, 0.1) is 5.02 Å². The van der Waals surface area contributed by atoms with E-state index >= 15 is 0 Å². The van der Waals surface area contributed by atoms with E-state index in [4.69, 9.17) is 45.9 Å². The number of halogens is 3. The summed E-state index contributed by atoms with van der Waals surface area (Å²) in [6.45, 7) is 0.132. The standard InChI is InChI=1S/C14H10Cl2FNOS/c15-11-2-1-3-12(13(11)16)19-7-8-4-9(14(18)20)6-10(17)5-8/h1-6H,7H2,(H2,18,20). The van der Waals surface area contributed by atoms with Crippen LogP contribution in [-0.2, 0) is 6.61 Å². The van der Waals surface area contributed by atoms with Gasteiger partial charge in [0.1, 0.15) is 28.2 Å². The van der Waals surface area contributed by atoms with E-state index in [1.807, 2.05) is 0 Å². The van der Waals surface area contributed by atoms with Gasteiger partial charge in [-0.1, -0.05) is 41.5 Å². The SMILES string of the molecule is NC(=S)c1cc(F)cc(COc2cccc(Cl)c2Cl)c1. The highest BCUT2D eigenvalue weighted by molar-refractivity contribution is 7.80. The highest BCUT2D eigenvalue weighted by atomic mass is 35.5. The number of nitrogens with two attached hydrogens (primary N) is 1. The maximum Gasteiger partial charge on any atom is 0.139 e. The molecule has 0 heterocycles. The van der Waals surface area contributed by atoms with Crippen molar-refractivity contribution in [1.29, 1.82) is 0 Å². The molecule has 2 aromatic carbocycles. The zero-order valence-corrected chi connectivity index (χ0v) is 12.5. The topological polar surface area (TPSA) is 35.2 Å². The molecule has 6 heteroatoms. The first-order chi connectivity index (χ1) is 9.47. The van der Waals surface area contributed by atoms with E-state index < -0.39 is 5.82 Å². The first-order valence-corrected chi connectivity index (χ1v) is 6.80. The van der Waals surface area contributed by atoms with Gasteiger partial charge in [-0.05, 0) is 35.9 Å². The van der Waals surface area contributed by atoms with Crippen LogP contribution in [0.4, 0.5) is 4.39 Å². The van der Waals surface area contributed by atoms with Crippen LogP contribution in [0.5, 0.6) is 5.75 Å². The smallest absolute Gasteiger partial charge is 0.139 e. The lowest BCUT2D eigenvalue weighted by Crippen LogP contribution is -2.10. The molecule has 0 aliphatic carbocycles. The van der Waals surface area contributed by atoms with E-state index in [1.54, 1.807) is 24.3 Å². The Labute approximate surface area is 131 Å². The van der Waals surface area contributed by atoms with Gasteiger partial charge in [0.2, 0.25) is 0 Å². The van der Waals surface area contributed by atoms with Crippen LogP contribution in [0.25, 0.3) is 0 Å². The van der Waals surface area contributed by atoms with Crippen molar-refractivity contribution in [1.82, 2.24) is 0 Å². The van der Waals surface area contributed by atoms with Crippen molar-refractivity contribution in [2.75, 3.05) is 0 Å². The van der Waals surface area contributed by atoms with E-state index in [9.17, 15) is 4.39 Å². The van der Waals surface area contributed by atoms with Crippen molar-refractivity contribution in [3.8, 4) is 5.75 Å². The van der Waals surface area contributed by atoms with Crippen LogP contribution in [0.1, 0.15) is 11.1 Å². The summed E-state index contributed by atoms with van der Waals surface area (Å²) >= 11 is 16.7.